The fraction of sp³-hybridized carbons (Fsp3) is 0.625. The number of hydrogen-bond acceptors (Lipinski definition) is 4. The molecule has 1 saturated carbocycles. The van der Waals surface area contributed by atoms with Gasteiger partial charge >= 0.3 is 12.3 Å². The summed E-state index contributed by atoms with van der Waals surface area (Å²) in [5.41, 5.74) is 5.94. The Morgan fingerprint density at radius 1 is 1.31 bits per heavy atom. The van der Waals surface area contributed by atoms with Crippen molar-refractivity contribution in [1.29, 1.82) is 0 Å². The molecule has 3 N–H and O–H groups in total. The topological polar surface area (TPSA) is 81.4 Å². The van der Waals surface area contributed by atoms with Crippen LogP contribution in [0.2, 0.25) is 0 Å². The molecule has 0 radical (unpaired) electrons. The van der Waals surface area contributed by atoms with Gasteiger partial charge < -0.3 is 10.5 Å². The maximum Gasteiger partial charge on any atom is 0.330 e. The minimum atomic E-state index is -4.25. The van der Waals surface area contributed by atoms with E-state index >= 15 is 0 Å². The number of nitrogens with one attached hydrogen (secondary N) is 1. The first kappa shape index (κ1) is 21.1. The van der Waals surface area contributed by atoms with Crippen LogP contribution in [-0.2, 0) is 21.4 Å². The molecule has 10 heteroatoms. The lowest BCUT2D eigenvalue weighted by atomic mass is 10.1. The molecule has 2 atom stereocenters. The number of ether oxygens (including phenoxy) is 1. The standard InChI is InChI=1S/C16H22F4N2O3S/c17-15(18)16(19,20)10-25-9-11-3-1-5-13(7-11)26(23,24)22-14-6-2-4-12(14)8-21/h1,3,5,7,12,14-15,22H,2,4,6,8-10,21H2. The van der Waals surface area contributed by atoms with Gasteiger partial charge in [-0.1, -0.05) is 18.6 Å². The first-order valence-electron chi connectivity index (χ1n) is 8.21. The van der Waals surface area contributed by atoms with Crippen molar-refractivity contribution in [2.75, 3.05) is 13.2 Å². The highest BCUT2D eigenvalue weighted by Gasteiger charge is 2.41. The molecule has 2 rings (SSSR count). The van der Waals surface area contributed by atoms with E-state index in [4.69, 9.17) is 5.73 Å². The fourth-order valence-electron chi connectivity index (χ4n) is 2.91. The van der Waals surface area contributed by atoms with Crippen molar-refractivity contribution in [2.45, 2.75) is 49.2 Å². The molecule has 148 valence electrons. The number of alkyl halides is 4. The molecule has 1 fully saturated rings. The highest BCUT2D eigenvalue weighted by Crippen LogP contribution is 2.27. The van der Waals surface area contributed by atoms with Crippen molar-refractivity contribution in [3.63, 3.8) is 0 Å². The number of halogens is 4. The predicted octanol–water partition coefficient (Wildman–Crippen LogP) is 2.51. The Kier molecular flexibility index (Phi) is 7.00. The van der Waals surface area contributed by atoms with Gasteiger partial charge in [-0.3, -0.25) is 0 Å². The maximum absolute atomic E-state index is 12.8. The van der Waals surface area contributed by atoms with Crippen LogP contribution in [0.4, 0.5) is 17.6 Å². The minimum absolute atomic E-state index is 0.0399. The molecule has 1 aromatic rings. The maximum atomic E-state index is 12.8. The molecule has 0 spiro atoms. The fourth-order valence-corrected chi connectivity index (χ4v) is 4.32. The average Bonchev–Trinajstić information content (AvgIpc) is 3.01. The summed E-state index contributed by atoms with van der Waals surface area (Å²) >= 11 is 0. The third-order valence-corrected chi connectivity index (χ3v) is 5.85. The van der Waals surface area contributed by atoms with Crippen LogP contribution in [0.5, 0.6) is 0 Å². The van der Waals surface area contributed by atoms with Crippen LogP contribution < -0.4 is 10.5 Å². The number of nitrogens with two attached hydrogens (primary N) is 1. The Morgan fingerprint density at radius 2 is 2.04 bits per heavy atom. The zero-order chi connectivity index (χ0) is 19.4. The normalized spacial score (nSPS) is 21.5. The smallest absolute Gasteiger partial charge is 0.330 e. The summed E-state index contributed by atoms with van der Waals surface area (Å²) in [5.74, 6) is -4.17. The second kappa shape index (κ2) is 8.64. The Balaban J connectivity index is 2.01. The monoisotopic (exact) mass is 398 g/mol. The Bertz CT molecular complexity index is 700. The van der Waals surface area contributed by atoms with E-state index in [0.717, 1.165) is 12.8 Å². The van der Waals surface area contributed by atoms with E-state index in [1.54, 1.807) is 0 Å². The highest BCUT2D eigenvalue weighted by atomic mass is 32.2. The van der Waals surface area contributed by atoms with Crippen molar-refractivity contribution in [2.24, 2.45) is 11.7 Å². The van der Waals surface area contributed by atoms with Crippen molar-refractivity contribution in [3.05, 3.63) is 29.8 Å². The first-order chi connectivity index (χ1) is 12.2. The van der Waals surface area contributed by atoms with Crippen LogP contribution >= 0.6 is 0 Å². The van der Waals surface area contributed by atoms with Gasteiger partial charge in [0.05, 0.1) is 11.5 Å². The number of hydrogen-bond donors (Lipinski definition) is 2. The van der Waals surface area contributed by atoms with Crippen molar-refractivity contribution in [1.82, 2.24) is 4.72 Å². The van der Waals surface area contributed by atoms with E-state index in [2.05, 4.69) is 9.46 Å². The Labute approximate surface area is 150 Å². The second-order valence-corrected chi connectivity index (χ2v) is 8.07. The zero-order valence-corrected chi connectivity index (χ0v) is 14.8. The number of sulfonamides is 1. The van der Waals surface area contributed by atoms with Crippen LogP contribution in [0.1, 0.15) is 24.8 Å². The van der Waals surface area contributed by atoms with Gasteiger partial charge in [-0.15, -0.1) is 0 Å². The van der Waals surface area contributed by atoms with Crippen molar-refractivity contribution in [3.8, 4) is 0 Å². The van der Waals surface area contributed by atoms with E-state index in [9.17, 15) is 26.0 Å². The zero-order valence-electron chi connectivity index (χ0n) is 14.0. The van der Waals surface area contributed by atoms with Gasteiger partial charge in [0.2, 0.25) is 10.0 Å². The predicted molar refractivity (Wildman–Crippen MR) is 87.6 cm³/mol. The summed E-state index contributed by atoms with van der Waals surface area (Å²) < 4.78 is 82.1. The van der Waals surface area contributed by atoms with E-state index in [1.165, 1.54) is 24.3 Å². The first-order valence-corrected chi connectivity index (χ1v) is 9.69. The van der Waals surface area contributed by atoms with Crippen LogP contribution in [0.25, 0.3) is 0 Å². The van der Waals surface area contributed by atoms with Gasteiger partial charge in [0.15, 0.2) is 0 Å². The lowest BCUT2D eigenvalue weighted by molar-refractivity contribution is -0.168. The average molecular weight is 398 g/mol. The van der Waals surface area contributed by atoms with Gasteiger partial charge in [-0.05, 0) is 43.0 Å². The number of benzene rings is 1. The molecular formula is C16H22F4N2O3S. The quantitative estimate of drug-likeness (QED) is 0.627. The summed E-state index contributed by atoms with van der Waals surface area (Å²) in [7, 11) is -3.81. The van der Waals surface area contributed by atoms with E-state index in [0.29, 0.717) is 18.5 Å². The van der Waals surface area contributed by atoms with E-state index in [-0.39, 0.29) is 16.9 Å². The van der Waals surface area contributed by atoms with Gasteiger partial charge in [-0.25, -0.2) is 21.9 Å². The van der Waals surface area contributed by atoms with Crippen LogP contribution in [-0.4, -0.2) is 40.0 Å². The highest BCUT2D eigenvalue weighted by molar-refractivity contribution is 7.89. The molecule has 0 bridgehead atoms. The van der Waals surface area contributed by atoms with Crippen molar-refractivity contribution < 1.29 is 30.7 Å². The lowest BCUT2D eigenvalue weighted by Crippen LogP contribution is -2.39. The van der Waals surface area contributed by atoms with E-state index < -0.39 is 35.6 Å². The molecule has 1 aliphatic rings. The van der Waals surface area contributed by atoms with Crippen LogP contribution in [0.3, 0.4) is 0 Å². The summed E-state index contributed by atoms with van der Waals surface area (Å²) in [5, 5.41) is 0. The molecule has 0 saturated heterocycles. The molecular weight excluding hydrogens is 376 g/mol. The SMILES string of the molecule is NCC1CCCC1NS(=O)(=O)c1cccc(COCC(F)(F)C(F)F)c1. The van der Waals surface area contributed by atoms with Gasteiger partial charge in [0.1, 0.15) is 6.61 Å². The summed E-state index contributed by atoms with van der Waals surface area (Å²) in [6, 6.07) is 5.31. The van der Waals surface area contributed by atoms with E-state index in [1.807, 2.05) is 0 Å². The molecule has 0 aromatic heterocycles. The van der Waals surface area contributed by atoms with Crippen LogP contribution in [0, 0.1) is 5.92 Å². The third-order valence-electron chi connectivity index (χ3n) is 4.36. The summed E-state index contributed by atoms with van der Waals surface area (Å²) in [4.78, 5) is -0.0399. The molecule has 0 aliphatic heterocycles. The van der Waals surface area contributed by atoms with Gasteiger partial charge in [-0.2, -0.15) is 8.78 Å². The molecule has 2 unspecified atom stereocenters. The van der Waals surface area contributed by atoms with Gasteiger partial charge in [0.25, 0.3) is 0 Å². The van der Waals surface area contributed by atoms with Crippen LogP contribution in [0.15, 0.2) is 29.2 Å². The summed E-state index contributed by atoms with van der Waals surface area (Å²) in [6.07, 6.45) is -1.37. The lowest BCUT2D eigenvalue weighted by Gasteiger charge is -2.19. The molecule has 26 heavy (non-hydrogen) atoms. The molecule has 0 amide bonds. The third kappa shape index (κ3) is 5.38. The van der Waals surface area contributed by atoms with Gasteiger partial charge in [0, 0.05) is 6.04 Å². The number of rotatable bonds is 9. The molecule has 0 heterocycles. The Morgan fingerprint density at radius 3 is 2.69 bits per heavy atom. The molecule has 1 aliphatic carbocycles. The van der Waals surface area contributed by atoms with Crippen molar-refractivity contribution >= 4 is 10.0 Å². The Hall–Kier alpha value is -1.23. The molecule has 1 aromatic carbocycles. The largest absolute Gasteiger partial charge is 0.370 e. The summed E-state index contributed by atoms with van der Waals surface area (Å²) in [6.45, 7) is -1.46. The second-order valence-electron chi connectivity index (χ2n) is 6.36. The molecule has 5 nitrogen and oxygen atoms in total. The minimum Gasteiger partial charge on any atom is -0.370 e.